The Labute approximate surface area is 163 Å². The van der Waals surface area contributed by atoms with Crippen molar-refractivity contribution < 1.29 is 24.2 Å². The molecule has 0 unspecified atom stereocenters. The molecule has 2 atom stereocenters. The predicted molar refractivity (Wildman–Crippen MR) is 105 cm³/mol. The minimum atomic E-state index is -1.04. The van der Waals surface area contributed by atoms with E-state index in [2.05, 4.69) is 17.6 Å². The number of carboxylic acids is 1. The lowest BCUT2D eigenvalue weighted by Crippen LogP contribution is -2.35. The maximum Gasteiger partial charge on any atom is 0.330 e. The summed E-state index contributed by atoms with van der Waals surface area (Å²) in [5.74, 6) is 0.0557. The summed E-state index contributed by atoms with van der Waals surface area (Å²) >= 11 is 0. The summed E-state index contributed by atoms with van der Waals surface area (Å²) in [6.07, 6.45) is 0.920. The van der Waals surface area contributed by atoms with Gasteiger partial charge in [-0.1, -0.05) is 19.1 Å². The number of methoxy groups -OCH3 is 2. The van der Waals surface area contributed by atoms with E-state index in [0.29, 0.717) is 34.9 Å². The lowest BCUT2D eigenvalue weighted by atomic mass is 9.88. The number of benzene rings is 2. The van der Waals surface area contributed by atoms with Crippen molar-refractivity contribution in [2.75, 3.05) is 26.1 Å². The van der Waals surface area contributed by atoms with Gasteiger partial charge in [-0.2, -0.15) is 0 Å². The number of carbonyl (C=O) groups excluding carboxylic acids is 1. The van der Waals surface area contributed by atoms with Crippen LogP contribution in [0.2, 0.25) is 0 Å². The largest absolute Gasteiger partial charge is 0.493 e. The highest BCUT2D eigenvalue weighted by Gasteiger charge is 2.26. The monoisotopic (exact) mass is 384 g/mol. The Morgan fingerprint density at radius 1 is 1.21 bits per heavy atom. The third-order valence-corrected chi connectivity index (χ3v) is 5.04. The van der Waals surface area contributed by atoms with Gasteiger partial charge in [0.15, 0.2) is 17.5 Å². The van der Waals surface area contributed by atoms with Crippen molar-refractivity contribution in [1.29, 1.82) is 0 Å². The maximum absolute atomic E-state index is 12.3. The van der Waals surface area contributed by atoms with Crippen molar-refractivity contribution >= 4 is 17.6 Å². The number of amides is 1. The van der Waals surface area contributed by atoms with E-state index in [1.165, 1.54) is 14.2 Å². The Hall–Kier alpha value is -3.22. The predicted octanol–water partition coefficient (Wildman–Crippen LogP) is 3.18. The van der Waals surface area contributed by atoms with Crippen LogP contribution < -0.4 is 20.1 Å². The van der Waals surface area contributed by atoms with Crippen molar-refractivity contribution in [3.8, 4) is 11.5 Å². The number of hydrogen-bond acceptors (Lipinski definition) is 5. The normalized spacial score (nSPS) is 16.5. The molecule has 7 heteroatoms. The molecule has 3 rings (SSSR count). The van der Waals surface area contributed by atoms with Gasteiger partial charge in [0.1, 0.15) is 0 Å². The van der Waals surface area contributed by atoms with E-state index in [-0.39, 0.29) is 11.8 Å². The Morgan fingerprint density at radius 3 is 2.61 bits per heavy atom. The molecule has 148 valence electrons. The fourth-order valence-corrected chi connectivity index (χ4v) is 3.47. The molecule has 0 spiro atoms. The molecule has 28 heavy (non-hydrogen) atoms. The average Bonchev–Trinajstić information content (AvgIpc) is 2.71. The second-order valence-corrected chi connectivity index (χ2v) is 6.65. The van der Waals surface area contributed by atoms with Gasteiger partial charge in [-0.25, -0.2) is 4.79 Å². The molecule has 7 nitrogen and oxygen atoms in total. The topological polar surface area (TPSA) is 96.9 Å². The average molecular weight is 384 g/mol. The summed E-state index contributed by atoms with van der Waals surface area (Å²) in [5, 5.41) is 15.6. The molecule has 0 aliphatic carbocycles. The molecule has 1 heterocycles. The Morgan fingerprint density at radius 2 is 1.96 bits per heavy atom. The van der Waals surface area contributed by atoms with Gasteiger partial charge in [0.05, 0.1) is 14.2 Å². The zero-order valence-corrected chi connectivity index (χ0v) is 16.1. The first-order chi connectivity index (χ1) is 13.5. The van der Waals surface area contributed by atoms with Crippen molar-refractivity contribution in [2.45, 2.75) is 25.3 Å². The summed E-state index contributed by atoms with van der Waals surface area (Å²) in [6.45, 7) is 2.70. The molecule has 0 saturated heterocycles. The number of hydrogen-bond donors (Lipinski definition) is 3. The molecule has 0 bridgehead atoms. The molecular formula is C21H24N2O5. The third kappa shape index (κ3) is 3.74. The van der Waals surface area contributed by atoms with E-state index in [4.69, 9.17) is 9.47 Å². The summed E-state index contributed by atoms with van der Waals surface area (Å²) < 4.78 is 10.5. The number of carbonyl (C=O) groups is 2. The van der Waals surface area contributed by atoms with Gasteiger partial charge >= 0.3 is 5.97 Å². The number of nitrogens with one attached hydrogen (secondary N) is 2. The molecule has 2 aromatic carbocycles. The Kier molecular flexibility index (Phi) is 5.73. The highest BCUT2D eigenvalue weighted by atomic mass is 16.5. The first-order valence-electron chi connectivity index (χ1n) is 9.11. The van der Waals surface area contributed by atoms with Gasteiger partial charge in [0, 0.05) is 23.7 Å². The quantitative estimate of drug-likeness (QED) is 0.678. The first-order valence-corrected chi connectivity index (χ1v) is 9.11. The summed E-state index contributed by atoms with van der Waals surface area (Å²) in [4.78, 5) is 24.2. The van der Waals surface area contributed by atoms with Crippen LogP contribution >= 0.6 is 0 Å². The van der Waals surface area contributed by atoms with Gasteiger partial charge in [-0.05, 0) is 41.8 Å². The third-order valence-electron chi connectivity index (χ3n) is 5.04. The number of fused-ring (bicyclic) bond motifs is 1. The molecule has 2 aromatic rings. The van der Waals surface area contributed by atoms with E-state index in [9.17, 15) is 14.7 Å². The SMILES string of the molecule is CC[C@H]1CNC(=O)c2cc(N[C@@H](C(=O)O)c3ccc(OC)c(OC)c3)ccc21. The molecule has 3 N–H and O–H groups in total. The van der Waals surface area contributed by atoms with Crippen molar-refractivity contribution in [1.82, 2.24) is 5.32 Å². The summed E-state index contributed by atoms with van der Waals surface area (Å²) in [6, 6.07) is 9.39. The van der Waals surface area contributed by atoms with Crippen molar-refractivity contribution in [2.24, 2.45) is 0 Å². The fraction of sp³-hybridized carbons (Fsp3) is 0.333. The Balaban J connectivity index is 1.93. The van der Waals surface area contributed by atoms with Crippen LogP contribution in [0.4, 0.5) is 5.69 Å². The van der Waals surface area contributed by atoms with Crippen LogP contribution in [0.15, 0.2) is 36.4 Å². The number of aliphatic carboxylic acids is 1. The molecule has 1 aliphatic heterocycles. The minimum absolute atomic E-state index is 0.138. The van der Waals surface area contributed by atoms with Crippen LogP contribution in [0.5, 0.6) is 11.5 Å². The van der Waals surface area contributed by atoms with Crippen LogP contribution in [0.1, 0.15) is 46.8 Å². The van der Waals surface area contributed by atoms with Crippen LogP contribution in [0, 0.1) is 0 Å². The lowest BCUT2D eigenvalue weighted by molar-refractivity contribution is -0.138. The van der Waals surface area contributed by atoms with Crippen molar-refractivity contribution in [3.05, 3.63) is 53.1 Å². The lowest BCUT2D eigenvalue weighted by Gasteiger charge is -2.26. The van der Waals surface area contributed by atoms with E-state index in [1.807, 2.05) is 12.1 Å². The molecule has 1 amide bonds. The van der Waals surface area contributed by atoms with Crippen LogP contribution in [0.3, 0.4) is 0 Å². The van der Waals surface area contributed by atoms with E-state index in [0.717, 1.165) is 12.0 Å². The van der Waals surface area contributed by atoms with E-state index < -0.39 is 12.0 Å². The number of carboxylic acid groups (broad SMARTS) is 1. The Bertz CT molecular complexity index is 896. The first kappa shape index (κ1) is 19.5. The van der Waals surface area contributed by atoms with Gasteiger partial charge in [-0.15, -0.1) is 0 Å². The molecule has 0 radical (unpaired) electrons. The standard InChI is InChI=1S/C21H24N2O5/c1-4-12-11-22-20(24)16-10-14(6-7-15(12)16)23-19(21(25)26)13-5-8-17(27-2)18(9-13)28-3/h5-10,12,19,23H,4,11H2,1-3H3,(H,22,24)(H,25,26)/t12-,19+/m0/s1. The summed E-state index contributed by atoms with van der Waals surface area (Å²) in [5.41, 5.74) is 2.65. The number of ether oxygens (including phenoxy) is 2. The molecule has 0 aromatic heterocycles. The van der Waals surface area contributed by atoms with Crippen molar-refractivity contribution in [3.63, 3.8) is 0 Å². The zero-order valence-electron chi connectivity index (χ0n) is 16.1. The smallest absolute Gasteiger partial charge is 0.330 e. The van der Waals surface area contributed by atoms with Gasteiger partial charge < -0.3 is 25.2 Å². The van der Waals surface area contributed by atoms with Gasteiger partial charge in [0.2, 0.25) is 0 Å². The molecule has 1 aliphatic rings. The highest BCUT2D eigenvalue weighted by Crippen LogP contribution is 2.33. The maximum atomic E-state index is 12.3. The second-order valence-electron chi connectivity index (χ2n) is 6.65. The van der Waals surface area contributed by atoms with E-state index >= 15 is 0 Å². The molecule has 0 fully saturated rings. The van der Waals surface area contributed by atoms with Crippen LogP contribution in [-0.2, 0) is 4.79 Å². The van der Waals surface area contributed by atoms with Crippen LogP contribution in [-0.4, -0.2) is 37.7 Å². The number of rotatable bonds is 7. The zero-order chi connectivity index (χ0) is 20.3. The molecule has 0 saturated carbocycles. The van der Waals surface area contributed by atoms with Crippen LogP contribution in [0.25, 0.3) is 0 Å². The summed E-state index contributed by atoms with van der Waals surface area (Å²) in [7, 11) is 3.02. The minimum Gasteiger partial charge on any atom is -0.493 e. The highest BCUT2D eigenvalue weighted by molar-refractivity contribution is 5.98. The second kappa shape index (κ2) is 8.21. The van der Waals surface area contributed by atoms with Gasteiger partial charge in [0.25, 0.3) is 5.91 Å². The number of anilines is 1. The molecular weight excluding hydrogens is 360 g/mol. The fourth-order valence-electron chi connectivity index (χ4n) is 3.47. The van der Waals surface area contributed by atoms with E-state index in [1.54, 1.807) is 24.3 Å². The van der Waals surface area contributed by atoms with Gasteiger partial charge in [-0.3, -0.25) is 4.79 Å².